The SMILES string of the molecule is Cc1ccc(-n2c(=O)[nH]c3c(C(=O)NC(C)c4ccccc4)cn(C)c3c2=O)cc1. The molecule has 152 valence electrons. The van der Waals surface area contributed by atoms with E-state index in [1.54, 1.807) is 29.9 Å². The lowest BCUT2D eigenvalue weighted by Gasteiger charge is -2.13. The maximum Gasteiger partial charge on any atom is 0.333 e. The highest BCUT2D eigenvalue weighted by atomic mass is 16.2. The third kappa shape index (κ3) is 3.34. The highest BCUT2D eigenvalue weighted by molar-refractivity contribution is 6.05. The van der Waals surface area contributed by atoms with Gasteiger partial charge in [-0.2, -0.15) is 0 Å². The molecular formula is C23H22N4O3. The first kappa shape index (κ1) is 19.4. The molecule has 1 unspecified atom stereocenters. The van der Waals surface area contributed by atoms with Gasteiger partial charge in [-0.15, -0.1) is 0 Å². The molecule has 2 N–H and O–H groups in total. The Morgan fingerprint density at radius 3 is 2.37 bits per heavy atom. The Labute approximate surface area is 172 Å². The van der Waals surface area contributed by atoms with E-state index in [4.69, 9.17) is 0 Å². The smallest absolute Gasteiger partial charge is 0.333 e. The Balaban J connectivity index is 1.78. The lowest BCUT2D eigenvalue weighted by Crippen LogP contribution is -2.34. The maximum atomic E-state index is 13.1. The average Bonchev–Trinajstić information content (AvgIpc) is 3.06. The number of nitrogens with one attached hydrogen (secondary N) is 2. The Morgan fingerprint density at radius 1 is 1.03 bits per heavy atom. The number of aromatic amines is 1. The molecule has 0 aliphatic rings. The fraction of sp³-hybridized carbons (Fsp3) is 0.174. The van der Waals surface area contributed by atoms with Gasteiger partial charge in [-0.1, -0.05) is 48.0 Å². The van der Waals surface area contributed by atoms with Crippen LogP contribution in [0.2, 0.25) is 0 Å². The van der Waals surface area contributed by atoms with Gasteiger partial charge in [0.15, 0.2) is 0 Å². The quantitative estimate of drug-likeness (QED) is 0.550. The first-order valence-corrected chi connectivity index (χ1v) is 9.64. The summed E-state index contributed by atoms with van der Waals surface area (Å²) < 4.78 is 2.65. The summed E-state index contributed by atoms with van der Waals surface area (Å²) in [7, 11) is 1.68. The Kier molecular flexibility index (Phi) is 4.87. The molecule has 0 fully saturated rings. The lowest BCUT2D eigenvalue weighted by molar-refractivity contribution is 0.0941. The second-order valence-electron chi connectivity index (χ2n) is 7.39. The van der Waals surface area contributed by atoms with Gasteiger partial charge in [-0.05, 0) is 31.5 Å². The summed E-state index contributed by atoms with van der Waals surface area (Å²) >= 11 is 0. The van der Waals surface area contributed by atoms with E-state index in [1.165, 1.54) is 0 Å². The molecule has 0 saturated heterocycles. The number of amides is 1. The van der Waals surface area contributed by atoms with E-state index in [-0.39, 0.29) is 28.5 Å². The third-order valence-corrected chi connectivity index (χ3v) is 5.21. The predicted octanol–water partition coefficient (Wildman–Crippen LogP) is 2.82. The van der Waals surface area contributed by atoms with Crippen molar-refractivity contribution in [1.29, 1.82) is 0 Å². The van der Waals surface area contributed by atoms with Crippen molar-refractivity contribution in [2.75, 3.05) is 0 Å². The van der Waals surface area contributed by atoms with E-state index in [9.17, 15) is 14.4 Å². The van der Waals surface area contributed by atoms with Gasteiger partial charge < -0.3 is 14.9 Å². The van der Waals surface area contributed by atoms with Crippen molar-refractivity contribution in [2.45, 2.75) is 19.9 Å². The Bertz CT molecular complexity index is 1350. The number of aromatic nitrogens is 3. The highest BCUT2D eigenvalue weighted by Gasteiger charge is 2.21. The molecule has 0 spiro atoms. The highest BCUT2D eigenvalue weighted by Crippen LogP contribution is 2.18. The summed E-state index contributed by atoms with van der Waals surface area (Å²) in [6.45, 7) is 3.81. The number of aryl methyl sites for hydroxylation is 2. The molecule has 2 heterocycles. The van der Waals surface area contributed by atoms with Crippen molar-refractivity contribution in [3.8, 4) is 5.69 Å². The van der Waals surface area contributed by atoms with Gasteiger partial charge in [0.05, 0.1) is 22.8 Å². The molecule has 4 aromatic rings. The van der Waals surface area contributed by atoms with Gasteiger partial charge in [0.25, 0.3) is 11.5 Å². The van der Waals surface area contributed by atoms with Gasteiger partial charge in [-0.3, -0.25) is 9.59 Å². The van der Waals surface area contributed by atoms with Crippen molar-refractivity contribution in [3.05, 3.63) is 98.3 Å². The number of hydrogen-bond acceptors (Lipinski definition) is 3. The standard InChI is InChI=1S/C23H22N4O3/c1-14-9-11-17(12-10-14)27-22(29)20-19(25-23(27)30)18(13-26(20)3)21(28)24-15(2)16-7-5-4-6-8-16/h4-13,15H,1-3H3,(H,24,28)(H,25,30). The molecule has 2 aromatic carbocycles. The minimum atomic E-state index is -0.590. The van der Waals surface area contributed by atoms with Gasteiger partial charge in [0.1, 0.15) is 5.52 Å². The zero-order valence-electron chi connectivity index (χ0n) is 17.0. The number of rotatable bonds is 4. The molecule has 1 amide bonds. The van der Waals surface area contributed by atoms with Crippen LogP contribution in [0.5, 0.6) is 0 Å². The molecule has 0 aliphatic carbocycles. The van der Waals surface area contributed by atoms with Crippen molar-refractivity contribution in [3.63, 3.8) is 0 Å². The van der Waals surface area contributed by atoms with E-state index in [0.717, 1.165) is 15.7 Å². The summed E-state index contributed by atoms with van der Waals surface area (Å²) in [5, 5.41) is 2.93. The van der Waals surface area contributed by atoms with Crippen LogP contribution in [-0.2, 0) is 7.05 Å². The number of carbonyl (C=O) groups excluding carboxylic acids is 1. The largest absolute Gasteiger partial charge is 0.345 e. The molecule has 0 radical (unpaired) electrons. The molecule has 2 aromatic heterocycles. The molecule has 30 heavy (non-hydrogen) atoms. The summed E-state index contributed by atoms with van der Waals surface area (Å²) in [6, 6.07) is 16.4. The third-order valence-electron chi connectivity index (χ3n) is 5.21. The van der Waals surface area contributed by atoms with Crippen LogP contribution >= 0.6 is 0 Å². The predicted molar refractivity (Wildman–Crippen MR) is 116 cm³/mol. The normalized spacial score (nSPS) is 12.1. The lowest BCUT2D eigenvalue weighted by atomic mass is 10.1. The number of carbonyl (C=O) groups is 1. The van der Waals surface area contributed by atoms with Gasteiger partial charge in [0, 0.05) is 13.2 Å². The Morgan fingerprint density at radius 2 is 1.70 bits per heavy atom. The van der Waals surface area contributed by atoms with Crippen LogP contribution < -0.4 is 16.6 Å². The molecule has 0 aliphatic heterocycles. The van der Waals surface area contributed by atoms with Crippen LogP contribution in [-0.4, -0.2) is 20.0 Å². The second-order valence-corrected chi connectivity index (χ2v) is 7.39. The first-order chi connectivity index (χ1) is 14.4. The summed E-state index contributed by atoms with van der Waals surface area (Å²) in [5.74, 6) is -0.361. The van der Waals surface area contributed by atoms with Crippen molar-refractivity contribution < 1.29 is 4.79 Å². The number of H-pyrrole nitrogens is 1. The van der Waals surface area contributed by atoms with Crippen molar-refractivity contribution >= 4 is 16.9 Å². The second kappa shape index (κ2) is 7.51. The summed E-state index contributed by atoms with van der Waals surface area (Å²) in [5.41, 5.74) is 2.12. The fourth-order valence-corrected chi connectivity index (χ4v) is 3.57. The number of nitrogens with zero attached hydrogens (tertiary/aromatic N) is 2. The van der Waals surface area contributed by atoms with Crippen molar-refractivity contribution in [2.24, 2.45) is 7.05 Å². The van der Waals surface area contributed by atoms with Crippen LogP contribution in [0.4, 0.5) is 0 Å². The Hall–Kier alpha value is -3.87. The number of benzene rings is 2. The molecule has 0 bridgehead atoms. The molecule has 1 atom stereocenters. The molecule has 0 saturated carbocycles. The number of fused-ring (bicyclic) bond motifs is 1. The minimum absolute atomic E-state index is 0.228. The van der Waals surface area contributed by atoms with Gasteiger partial charge in [0.2, 0.25) is 0 Å². The maximum absolute atomic E-state index is 13.1. The molecule has 4 rings (SSSR count). The van der Waals surface area contributed by atoms with E-state index < -0.39 is 11.2 Å². The van der Waals surface area contributed by atoms with E-state index in [1.807, 2.05) is 56.3 Å². The van der Waals surface area contributed by atoms with Crippen molar-refractivity contribution in [1.82, 2.24) is 19.4 Å². The molecule has 7 nitrogen and oxygen atoms in total. The molecule has 7 heteroatoms. The first-order valence-electron chi connectivity index (χ1n) is 9.64. The van der Waals surface area contributed by atoms with Crippen LogP contribution in [0.15, 0.2) is 70.4 Å². The van der Waals surface area contributed by atoms with Crippen LogP contribution in [0.25, 0.3) is 16.7 Å². The monoisotopic (exact) mass is 402 g/mol. The van der Waals surface area contributed by atoms with E-state index >= 15 is 0 Å². The minimum Gasteiger partial charge on any atom is -0.345 e. The van der Waals surface area contributed by atoms with E-state index in [0.29, 0.717) is 5.69 Å². The number of hydrogen-bond donors (Lipinski definition) is 2. The van der Waals surface area contributed by atoms with Crippen LogP contribution in [0.1, 0.15) is 34.5 Å². The summed E-state index contributed by atoms with van der Waals surface area (Å²) in [4.78, 5) is 41.5. The van der Waals surface area contributed by atoms with Gasteiger partial charge >= 0.3 is 5.69 Å². The molecular weight excluding hydrogens is 380 g/mol. The van der Waals surface area contributed by atoms with Gasteiger partial charge in [-0.25, -0.2) is 9.36 Å². The van der Waals surface area contributed by atoms with Crippen LogP contribution in [0.3, 0.4) is 0 Å². The zero-order chi connectivity index (χ0) is 21.4. The van der Waals surface area contributed by atoms with E-state index in [2.05, 4.69) is 10.3 Å². The average molecular weight is 402 g/mol. The zero-order valence-corrected chi connectivity index (χ0v) is 17.0. The topological polar surface area (TPSA) is 88.9 Å². The fourth-order valence-electron chi connectivity index (χ4n) is 3.57. The summed E-state index contributed by atoms with van der Waals surface area (Å²) in [6.07, 6.45) is 1.56. The van der Waals surface area contributed by atoms with Crippen LogP contribution in [0, 0.1) is 6.92 Å².